The van der Waals surface area contributed by atoms with Crippen molar-refractivity contribution >= 4 is 11.8 Å². The van der Waals surface area contributed by atoms with Gasteiger partial charge < -0.3 is 9.84 Å². The predicted molar refractivity (Wildman–Crippen MR) is 54.2 cm³/mol. The lowest BCUT2D eigenvalue weighted by Gasteiger charge is -2.26. The van der Waals surface area contributed by atoms with Gasteiger partial charge in [0.15, 0.2) is 0 Å². The highest BCUT2D eigenvalue weighted by Crippen LogP contribution is 2.34. The Labute approximate surface area is 88.2 Å². The van der Waals surface area contributed by atoms with Gasteiger partial charge >= 0.3 is 5.97 Å². The Bertz CT molecular complexity index is 340. The molecule has 0 aromatic carbocycles. The van der Waals surface area contributed by atoms with Crippen molar-refractivity contribution in [2.24, 2.45) is 5.41 Å². The molecule has 1 N–H and O–H groups in total. The molecule has 4 heteroatoms. The van der Waals surface area contributed by atoms with Crippen molar-refractivity contribution in [3.05, 3.63) is 24.0 Å². The molecule has 1 atom stereocenters. The summed E-state index contributed by atoms with van der Waals surface area (Å²) in [7, 11) is 1.52. The number of hydrogen-bond acceptors (Lipinski definition) is 3. The van der Waals surface area contributed by atoms with Crippen LogP contribution in [0.15, 0.2) is 24.0 Å². The second kappa shape index (κ2) is 4.29. The van der Waals surface area contributed by atoms with E-state index in [0.717, 1.165) is 0 Å². The van der Waals surface area contributed by atoms with Crippen LogP contribution in [0.3, 0.4) is 0 Å². The number of carbonyl (C=O) groups excluding carboxylic acids is 1. The van der Waals surface area contributed by atoms with E-state index >= 15 is 0 Å². The minimum absolute atomic E-state index is 0.0202. The van der Waals surface area contributed by atoms with Crippen molar-refractivity contribution in [1.82, 2.24) is 0 Å². The largest absolute Gasteiger partial charge is 0.497 e. The Morgan fingerprint density at radius 1 is 1.60 bits per heavy atom. The number of ether oxygens (including phenoxy) is 1. The number of aliphatic carboxylic acids is 1. The Kier molecular flexibility index (Phi) is 3.29. The maximum Gasteiger partial charge on any atom is 0.314 e. The monoisotopic (exact) mass is 210 g/mol. The van der Waals surface area contributed by atoms with E-state index in [-0.39, 0.29) is 12.2 Å². The van der Waals surface area contributed by atoms with E-state index in [2.05, 4.69) is 0 Å². The van der Waals surface area contributed by atoms with Crippen molar-refractivity contribution in [3.63, 3.8) is 0 Å². The average Bonchev–Trinajstić information content (AvgIpc) is 2.17. The zero-order valence-corrected chi connectivity index (χ0v) is 8.82. The van der Waals surface area contributed by atoms with Gasteiger partial charge in [-0.3, -0.25) is 9.59 Å². The number of Topliss-reactive ketones (excluding diaryl/α,β-unsaturated/α-hetero) is 1. The van der Waals surface area contributed by atoms with Gasteiger partial charge in [0.2, 0.25) is 0 Å². The maximum atomic E-state index is 11.1. The van der Waals surface area contributed by atoms with Crippen molar-refractivity contribution in [2.45, 2.75) is 19.8 Å². The van der Waals surface area contributed by atoms with Gasteiger partial charge in [-0.2, -0.15) is 0 Å². The quantitative estimate of drug-likeness (QED) is 0.764. The molecule has 0 heterocycles. The third-order valence-electron chi connectivity index (χ3n) is 2.46. The number of carboxylic acid groups (broad SMARTS) is 1. The fourth-order valence-electron chi connectivity index (χ4n) is 1.62. The summed E-state index contributed by atoms with van der Waals surface area (Å²) >= 11 is 0. The van der Waals surface area contributed by atoms with Gasteiger partial charge in [0.05, 0.1) is 12.5 Å². The van der Waals surface area contributed by atoms with E-state index in [0.29, 0.717) is 12.2 Å². The summed E-state index contributed by atoms with van der Waals surface area (Å²) in [6, 6.07) is 0. The number of methoxy groups -OCH3 is 1. The van der Waals surface area contributed by atoms with Crippen LogP contribution in [-0.4, -0.2) is 24.0 Å². The van der Waals surface area contributed by atoms with E-state index in [9.17, 15) is 9.59 Å². The summed E-state index contributed by atoms with van der Waals surface area (Å²) < 4.78 is 4.97. The summed E-state index contributed by atoms with van der Waals surface area (Å²) in [5.74, 6) is -0.466. The number of rotatable bonds is 4. The third kappa shape index (κ3) is 2.46. The van der Waals surface area contributed by atoms with Gasteiger partial charge in [-0.1, -0.05) is 6.08 Å². The number of carbonyl (C=O) groups is 2. The second-order valence-corrected chi connectivity index (χ2v) is 3.69. The standard InChI is InChI=1S/C11H14O4/c1-8(12)7-11(10(13)14)5-3-9(15-2)4-6-11/h3-5H,6-7H2,1-2H3,(H,13,14). The third-order valence-corrected chi connectivity index (χ3v) is 2.46. The van der Waals surface area contributed by atoms with E-state index in [1.807, 2.05) is 0 Å². The molecule has 1 rings (SSSR count). The van der Waals surface area contributed by atoms with Crippen LogP contribution in [0.1, 0.15) is 19.8 Å². The molecule has 82 valence electrons. The lowest BCUT2D eigenvalue weighted by Crippen LogP contribution is -2.32. The topological polar surface area (TPSA) is 63.6 Å². The van der Waals surface area contributed by atoms with Crippen molar-refractivity contribution in [2.75, 3.05) is 7.11 Å². The molecule has 0 bridgehead atoms. The minimum Gasteiger partial charge on any atom is -0.497 e. The number of ketones is 1. The van der Waals surface area contributed by atoms with Crippen LogP contribution in [0.2, 0.25) is 0 Å². The molecule has 0 amide bonds. The normalized spacial score (nSPS) is 24.5. The molecule has 0 fully saturated rings. The van der Waals surface area contributed by atoms with Crippen LogP contribution in [0.5, 0.6) is 0 Å². The Morgan fingerprint density at radius 3 is 2.60 bits per heavy atom. The van der Waals surface area contributed by atoms with Gasteiger partial charge in [0.1, 0.15) is 11.5 Å². The average molecular weight is 210 g/mol. The zero-order valence-electron chi connectivity index (χ0n) is 8.82. The second-order valence-electron chi connectivity index (χ2n) is 3.69. The smallest absolute Gasteiger partial charge is 0.314 e. The van der Waals surface area contributed by atoms with Crippen molar-refractivity contribution in [3.8, 4) is 0 Å². The Balaban J connectivity index is 2.89. The SMILES string of the molecule is COC1=CCC(CC(C)=O)(C(=O)O)C=C1. The van der Waals surface area contributed by atoms with Gasteiger partial charge in [-0.05, 0) is 25.5 Å². The van der Waals surface area contributed by atoms with Crippen LogP contribution < -0.4 is 0 Å². The highest BCUT2D eigenvalue weighted by molar-refractivity contribution is 5.86. The van der Waals surface area contributed by atoms with Gasteiger partial charge in [-0.25, -0.2) is 0 Å². The molecule has 0 saturated carbocycles. The van der Waals surface area contributed by atoms with Gasteiger partial charge in [-0.15, -0.1) is 0 Å². The molecule has 0 aromatic rings. The molecule has 4 nitrogen and oxygen atoms in total. The Hall–Kier alpha value is -1.58. The van der Waals surface area contributed by atoms with Crippen LogP contribution in [-0.2, 0) is 14.3 Å². The highest BCUT2D eigenvalue weighted by atomic mass is 16.5. The summed E-state index contributed by atoms with van der Waals surface area (Å²) in [5.41, 5.74) is -1.09. The molecule has 0 aromatic heterocycles. The summed E-state index contributed by atoms with van der Waals surface area (Å²) in [6.45, 7) is 1.40. The van der Waals surface area contributed by atoms with E-state index < -0.39 is 11.4 Å². The molecular formula is C11H14O4. The predicted octanol–water partition coefficient (Wildman–Crippen LogP) is 1.53. The number of hydrogen-bond donors (Lipinski definition) is 1. The fraction of sp³-hybridized carbons (Fsp3) is 0.455. The van der Waals surface area contributed by atoms with Crippen LogP contribution in [0.4, 0.5) is 0 Å². The molecule has 0 aliphatic heterocycles. The van der Waals surface area contributed by atoms with Crippen LogP contribution in [0.25, 0.3) is 0 Å². The lowest BCUT2D eigenvalue weighted by molar-refractivity contribution is -0.148. The molecule has 1 aliphatic rings. The fourth-order valence-corrected chi connectivity index (χ4v) is 1.62. The van der Waals surface area contributed by atoms with Crippen molar-refractivity contribution in [1.29, 1.82) is 0 Å². The first kappa shape index (κ1) is 11.5. The van der Waals surface area contributed by atoms with Crippen LogP contribution in [0, 0.1) is 5.41 Å². The number of carboxylic acids is 1. The van der Waals surface area contributed by atoms with E-state index in [1.165, 1.54) is 20.1 Å². The molecule has 0 saturated heterocycles. The number of allylic oxidation sites excluding steroid dienone is 2. The summed E-state index contributed by atoms with van der Waals surface area (Å²) in [6.07, 6.45) is 5.14. The molecule has 0 radical (unpaired) electrons. The maximum absolute atomic E-state index is 11.1. The molecule has 0 spiro atoms. The van der Waals surface area contributed by atoms with E-state index in [4.69, 9.17) is 9.84 Å². The first-order valence-electron chi connectivity index (χ1n) is 4.66. The van der Waals surface area contributed by atoms with Gasteiger partial charge in [0, 0.05) is 6.42 Å². The molecular weight excluding hydrogens is 196 g/mol. The first-order valence-corrected chi connectivity index (χ1v) is 4.66. The summed E-state index contributed by atoms with van der Waals surface area (Å²) in [4.78, 5) is 22.2. The molecule has 1 aliphatic carbocycles. The van der Waals surface area contributed by atoms with E-state index in [1.54, 1.807) is 12.2 Å². The zero-order chi connectivity index (χ0) is 11.5. The minimum atomic E-state index is -1.09. The molecule has 1 unspecified atom stereocenters. The molecule has 15 heavy (non-hydrogen) atoms. The Morgan fingerprint density at radius 2 is 2.27 bits per heavy atom. The van der Waals surface area contributed by atoms with Crippen molar-refractivity contribution < 1.29 is 19.4 Å². The van der Waals surface area contributed by atoms with Crippen LogP contribution >= 0.6 is 0 Å². The summed E-state index contributed by atoms with van der Waals surface area (Å²) in [5, 5.41) is 9.12. The first-order chi connectivity index (χ1) is 7.00. The lowest BCUT2D eigenvalue weighted by atomic mass is 9.77. The highest BCUT2D eigenvalue weighted by Gasteiger charge is 2.37. The van der Waals surface area contributed by atoms with Gasteiger partial charge in [0.25, 0.3) is 0 Å².